The molecule has 1 saturated heterocycles. The molecule has 0 aromatic carbocycles. The molecule has 2 rings (SSSR count). The van der Waals surface area contributed by atoms with Gasteiger partial charge in [0.05, 0.1) is 6.10 Å². The number of hydrogen-bond donors (Lipinski definition) is 2. The highest BCUT2D eigenvalue weighted by molar-refractivity contribution is 4.92. The van der Waals surface area contributed by atoms with Gasteiger partial charge in [0.15, 0.2) is 0 Å². The van der Waals surface area contributed by atoms with Crippen LogP contribution in [-0.2, 0) is 0 Å². The highest BCUT2D eigenvalue weighted by atomic mass is 16.3. The fourth-order valence-electron chi connectivity index (χ4n) is 2.99. The number of aliphatic hydroxyl groups excluding tert-OH is 1. The zero-order valence-electron chi connectivity index (χ0n) is 9.08. The lowest BCUT2D eigenvalue weighted by Gasteiger charge is -2.34. The standard InChI is InChI=1S/C11H22N2O/c1-2-13(9-5-3-4-6-9)10-7-12-8-11(10)14/h9-12,14H,2-8H2,1H3. The van der Waals surface area contributed by atoms with Gasteiger partial charge in [-0.15, -0.1) is 0 Å². The second-order valence-electron chi connectivity index (χ2n) is 4.56. The van der Waals surface area contributed by atoms with Crippen molar-refractivity contribution in [3.63, 3.8) is 0 Å². The average Bonchev–Trinajstić information content (AvgIpc) is 2.80. The first-order chi connectivity index (χ1) is 6.83. The summed E-state index contributed by atoms with van der Waals surface area (Å²) >= 11 is 0. The van der Waals surface area contributed by atoms with Gasteiger partial charge in [-0.05, 0) is 19.4 Å². The quantitative estimate of drug-likeness (QED) is 0.696. The monoisotopic (exact) mass is 198 g/mol. The van der Waals surface area contributed by atoms with Crippen LogP contribution in [0.4, 0.5) is 0 Å². The van der Waals surface area contributed by atoms with Crippen LogP contribution in [0, 0.1) is 0 Å². The Kier molecular flexibility index (Phi) is 3.42. The Morgan fingerprint density at radius 1 is 1.29 bits per heavy atom. The van der Waals surface area contributed by atoms with E-state index in [4.69, 9.17) is 0 Å². The van der Waals surface area contributed by atoms with E-state index in [9.17, 15) is 5.11 Å². The van der Waals surface area contributed by atoms with Gasteiger partial charge in [-0.25, -0.2) is 0 Å². The summed E-state index contributed by atoms with van der Waals surface area (Å²) in [4.78, 5) is 2.51. The van der Waals surface area contributed by atoms with Crippen LogP contribution in [0.1, 0.15) is 32.6 Å². The van der Waals surface area contributed by atoms with Crippen LogP contribution in [0.25, 0.3) is 0 Å². The third-order valence-corrected chi connectivity index (χ3v) is 3.74. The molecule has 0 spiro atoms. The van der Waals surface area contributed by atoms with E-state index in [0.29, 0.717) is 6.04 Å². The Morgan fingerprint density at radius 2 is 2.00 bits per heavy atom. The van der Waals surface area contributed by atoms with Gasteiger partial charge in [0.25, 0.3) is 0 Å². The van der Waals surface area contributed by atoms with E-state index in [1.807, 2.05) is 0 Å². The number of β-amino-alcohol motifs (C(OH)–C–C–N with tert-alkyl or cyclic N) is 1. The van der Waals surface area contributed by atoms with Gasteiger partial charge in [-0.2, -0.15) is 0 Å². The van der Waals surface area contributed by atoms with Gasteiger partial charge in [-0.1, -0.05) is 19.8 Å². The largest absolute Gasteiger partial charge is 0.390 e. The van der Waals surface area contributed by atoms with Gasteiger partial charge in [-0.3, -0.25) is 4.90 Å². The molecular formula is C11H22N2O. The summed E-state index contributed by atoms with van der Waals surface area (Å²) in [6.45, 7) is 5.02. The van der Waals surface area contributed by atoms with Crippen LogP contribution in [0.2, 0.25) is 0 Å². The van der Waals surface area contributed by atoms with Crippen molar-refractivity contribution in [2.24, 2.45) is 0 Å². The number of aliphatic hydroxyl groups is 1. The van der Waals surface area contributed by atoms with E-state index in [-0.39, 0.29) is 6.10 Å². The van der Waals surface area contributed by atoms with Gasteiger partial charge in [0.1, 0.15) is 0 Å². The lowest BCUT2D eigenvalue weighted by Crippen LogP contribution is -2.47. The molecular weight excluding hydrogens is 176 g/mol. The topological polar surface area (TPSA) is 35.5 Å². The first kappa shape index (κ1) is 10.4. The summed E-state index contributed by atoms with van der Waals surface area (Å²) in [6.07, 6.45) is 5.25. The molecule has 1 aliphatic heterocycles. The maximum absolute atomic E-state index is 9.85. The van der Waals surface area contributed by atoms with Gasteiger partial charge >= 0.3 is 0 Å². The van der Waals surface area contributed by atoms with E-state index >= 15 is 0 Å². The molecule has 2 aliphatic rings. The molecule has 82 valence electrons. The smallest absolute Gasteiger partial charge is 0.0831 e. The summed E-state index contributed by atoms with van der Waals surface area (Å²) in [5, 5.41) is 13.1. The minimum atomic E-state index is -0.157. The molecule has 0 aromatic heterocycles. The summed E-state index contributed by atoms with van der Waals surface area (Å²) < 4.78 is 0. The minimum Gasteiger partial charge on any atom is -0.390 e. The number of hydrogen-bond acceptors (Lipinski definition) is 3. The molecule has 2 atom stereocenters. The van der Waals surface area contributed by atoms with E-state index in [2.05, 4.69) is 17.1 Å². The predicted octanol–water partition coefficient (Wildman–Crippen LogP) is 0.584. The molecule has 1 saturated carbocycles. The molecule has 2 fully saturated rings. The van der Waals surface area contributed by atoms with E-state index in [0.717, 1.165) is 25.7 Å². The lowest BCUT2D eigenvalue weighted by molar-refractivity contribution is 0.0590. The SMILES string of the molecule is CCN(C1CCCC1)C1CNCC1O. The van der Waals surface area contributed by atoms with Crippen molar-refractivity contribution in [3.05, 3.63) is 0 Å². The van der Waals surface area contributed by atoms with Crippen molar-refractivity contribution >= 4 is 0 Å². The van der Waals surface area contributed by atoms with Crippen molar-refractivity contribution in [1.29, 1.82) is 0 Å². The van der Waals surface area contributed by atoms with Crippen molar-refractivity contribution < 1.29 is 5.11 Å². The number of rotatable bonds is 3. The fourth-order valence-corrected chi connectivity index (χ4v) is 2.99. The molecule has 3 nitrogen and oxygen atoms in total. The van der Waals surface area contributed by atoms with Crippen molar-refractivity contribution in [1.82, 2.24) is 10.2 Å². The zero-order chi connectivity index (χ0) is 9.97. The number of nitrogens with zero attached hydrogens (tertiary/aromatic N) is 1. The Balaban J connectivity index is 1.96. The third kappa shape index (κ3) is 1.95. The fraction of sp³-hybridized carbons (Fsp3) is 1.00. The van der Waals surface area contributed by atoms with Gasteiger partial charge in [0.2, 0.25) is 0 Å². The molecule has 0 aromatic rings. The van der Waals surface area contributed by atoms with E-state index in [1.54, 1.807) is 0 Å². The predicted molar refractivity (Wildman–Crippen MR) is 57.3 cm³/mol. The first-order valence-electron chi connectivity index (χ1n) is 5.97. The molecule has 1 heterocycles. The molecule has 0 radical (unpaired) electrons. The van der Waals surface area contributed by atoms with Crippen molar-refractivity contribution in [3.8, 4) is 0 Å². The Bertz CT molecular complexity index is 180. The maximum atomic E-state index is 9.85. The van der Waals surface area contributed by atoms with Crippen LogP contribution >= 0.6 is 0 Å². The Hall–Kier alpha value is -0.120. The van der Waals surface area contributed by atoms with E-state index < -0.39 is 0 Å². The maximum Gasteiger partial charge on any atom is 0.0831 e. The van der Waals surface area contributed by atoms with Gasteiger partial charge < -0.3 is 10.4 Å². The summed E-state index contributed by atoms with van der Waals surface area (Å²) in [5.41, 5.74) is 0. The zero-order valence-corrected chi connectivity index (χ0v) is 9.08. The van der Waals surface area contributed by atoms with Crippen molar-refractivity contribution in [2.75, 3.05) is 19.6 Å². The Labute approximate surface area is 86.5 Å². The van der Waals surface area contributed by atoms with Crippen LogP contribution in [0.5, 0.6) is 0 Å². The highest BCUT2D eigenvalue weighted by Crippen LogP contribution is 2.26. The molecule has 0 bridgehead atoms. The second-order valence-corrected chi connectivity index (χ2v) is 4.56. The van der Waals surface area contributed by atoms with Crippen molar-refractivity contribution in [2.45, 2.75) is 50.8 Å². The molecule has 2 N–H and O–H groups in total. The van der Waals surface area contributed by atoms with Crippen LogP contribution in [0.3, 0.4) is 0 Å². The summed E-state index contributed by atoms with van der Waals surface area (Å²) in [6, 6.07) is 1.10. The lowest BCUT2D eigenvalue weighted by atomic mass is 10.1. The highest BCUT2D eigenvalue weighted by Gasteiger charge is 2.34. The van der Waals surface area contributed by atoms with Crippen LogP contribution in [-0.4, -0.2) is 47.8 Å². The molecule has 0 amide bonds. The molecule has 14 heavy (non-hydrogen) atoms. The summed E-state index contributed by atoms with van der Waals surface area (Å²) in [7, 11) is 0. The van der Waals surface area contributed by atoms with Crippen LogP contribution in [0.15, 0.2) is 0 Å². The third-order valence-electron chi connectivity index (χ3n) is 3.74. The van der Waals surface area contributed by atoms with E-state index in [1.165, 1.54) is 25.7 Å². The molecule has 1 aliphatic carbocycles. The average molecular weight is 198 g/mol. The second kappa shape index (κ2) is 4.60. The molecule has 3 heteroatoms. The first-order valence-corrected chi connectivity index (χ1v) is 5.97. The molecule has 2 unspecified atom stereocenters. The Morgan fingerprint density at radius 3 is 2.50 bits per heavy atom. The summed E-state index contributed by atoms with van der Waals surface area (Å²) in [5.74, 6) is 0. The number of likely N-dealkylation sites (N-methyl/N-ethyl adjacent to an activating group) is 1. The van der Waals surface area contributed by atoms with Gasteiger partial charge in [0, 0.05) is 25.2 Å². The number of nitrogens with one attached hydrogen (secondary N) is 1. The minimum absolute atomic E-state index is 0.157. The van der Waals surface area contributed by atoms with Crippen LogP contribution < -0.4 is 5.32 Å². The normalized spacial score (nSPS) is 34.5.